The van der Waals surface area contributed by atoms with Gasteiger partial charge in [0.2, 0.25) is 0 Å². The van der Waals surface area contributed by atoms with Crippen LogP contribution in [0, 0.1) is 0 Å². The van der Waals surface area contributed by atoms with Gasteiger partial charge in [0.15, 0.2) is 5.06 Å². The quantitative estimate of drug-likeness (QED) is 0.901. The fourth-order valence-electron chi connectivity index (χ4n) is 1.16. The van der Waals surface area contributed by atoms with E-state index in [-0.39, 0.29) is 4.88 Å². The lowest BCUT2D eigenvalue weighted by atomic mass is 10.3. The monoisotopic (exact) mass is 288 g/mol. The highest BCUT2D eigenvalue weighted by molar-refractivity contribution is 7.15. The molecule has 0 aliphatic heterocycles. The van der Waals surface area contributed by atoms with Crippen LogP contribution in [-0.2, 0) is 0 Å². The Bertz CT molecular complexity index is 566. The number of carboxylic acid groups (broad SMARTS) is 1. The summed E-state index contributed by atoms with van der Waals surface area (Å²) < 4.78 is 5.46. The largest absolute Gasteiger partial charge is 0.477 e. The Hall–Kier alpha value is -1.23. The standard InChI is InChI=1S/C11H6Cl2O3S/c12-6-2-1-3-7(10(6)13)16-9-5-4-8(17-9)11(14)15/h1-5H,(H,14,15). The van der Waals surface area contributed by atoms with Gasteiger partial charge in [0.25, 0.3) is 0 Å². The molecule has 0 fully saturated rings. The Balaban J connectivity index is 2.25. The highest BCUT2D eigenvalue weighted by atomic mass is 35.5. The molecule has 2 aromatic rings. The molecule has 88 valence electrons. The van der Waals surface area contributed by atoms with Crippen molar-refractivity contribution in [2.24, 2.45) is 0 Å². The average Bonchev–Trinajstić information content (AvgIpc) is 2.73. The van der Waals surface area contributed by atoms with E-state index in [1.165, 1.54) is 6.07 Å². The third-order valence-corrected chi connectivity index (χ3v) is 3.67. The van der Waals surface area contributed by atoms with E-state index in [2.05, 4.69) is 0 Å². The Morgan fingerprint density at radius 3 is 2.65 bits per heavy atom. The summed E-state index contributed by atoms with van der Waals surface area (Å²) in [5, 5.41) is 9.91. The second kappa shape index (κ2) is 4.96. The number of carboxylic acids is 1. The zero-order valence-electron chi connectivity index (χ0n) is 8.31. The number of rotatable bonds is 3. The van der Waals surface area contributed by atoms with E-state index in [1.54, 1.807) is 24.3 Å². The first-order valence-electron chi connectivity index (χ1n) is 4.53. The van der Waals surface area contributed by atoms with Crippen molar-refractivity contribution in [2.75, 3.05) is 0 Å². The van der Waals surface area contributed by atoms with Crippen LogP contribution in [0.1, 0.15) is 9.67 Å². The summed E-state index contributed by atoms with van der Waals surface area (Å²) in [5.41, 5.74) is 0. The minimum absolute atomic E-state index is 0.207. The van der Waals surface area contributed by atoms with Gasteiger partial charge in [-0.25, -0.2) is 4.79 Å². The second-order valence-corrected chi connectivity index (χ2v) is 4.91. The number of aromatic carboxylic acids is 1. The molecule has 0 saturated heterocycles. The lowest BCUT2D eigenvalue weighted by Gasteiger charge is -2.05. The average molecular weight is 289 g/mol. The molecule has 0 aliphatic rings. The third kappa shape index (κ3) is 2.72. The van der Waals surface area contributed by atoms with Crippen LogP contribution < -0.4 is 4.74 Å². The molecule has 3 nitrogen and oxygen atoms in total. The molecule has 0 aliphatic carbocycles. The maximum atomic E-state index is 10.7. The molecule has 1 aromatic carbocycles. The first-order chi connectivity index (χ1) is 8.08. The number of ether oxygens (including phenoxy) is 1. The summed E-state index contributed by atoms with van der Waals surface area (Å²) >= 11 is 12.8. The minimum Gasteiger partial charge on any atom is -0.477 e. The van der Waals surface area contributed by atoms with Gasteiger partial charge >= 0.3 is 5.97 Å². The van der Waals surface area contributed by atoms with E-state index in [0.29, 0.717) is 20.9 Å². The van der Waals surface area contributed by atoms with Crippen molar-refractivity contribution < 1.29 is 14.6 Å². The predicted molar refractivity (Wildman–Crippen MR) is 67.8 cm³/mol. The number of thiophene rings is 1. The molecular weight excluding hydrogens is 283 g/mol. The van der Waals surface area contributed by atoms with Crippen molar-refractivity contribution in [3.05, 3.63) is 45.3 Å². The molecule has 1 heterocycles. The van der Waals surface area contributed by atoms with E-state index >= 15 is 0 Å². The molecule has 0 amide bonds. The predicted octanol–water partition coefficient (Wildman–Crippen LogP) is 4.55. The van der Waals surface area contributed by atoms with E-state index in [4.69, 9.17) is 33.0 Å². The zero-order valence-corrected chi connectivity index (χ0v) is 10.6. The Labute approximate surface area is 111 Å². The second-order valence-electron chi connectivity index (χ2n) is 3.08. The Morgan fingerprint density at radius 1 is 1.24 bits per heavy atom. The summed E-state index contributed by atoms with van der Waals surface area (Å²) in [6.45, 7) is 0. The molecule has 0 radical (unpaired) electrons. The van der Waals surface area contributed by atoms with Gasteiger partial charge in [0.05, 0.1) is 5.02 Å². The van der Waals surface area contributed by atoms with Crippen molar-refractivity contribution in [3.63, 3.8) is 0 Å². The highest BCUT2D eigenvalue weighted by Gasteiger charge is 2.11. The van der Waals surface area contributed by atoms with Gasteiger partial charge in [0.1, 0.15) is 15.6 Å². The normalized spacial score (nSPS) is 10.2. The first-order valence-corrected chi connectivity index (χ1v) is 6.10. The molecule has 6 heteroatoms. The lowest BCUT2D eigenvalue weighted by Crippen LogP contribution is -1.89. The van der Waals surface area contributed by atoms with Gasteiger partial charge < -0.3 is 9.84 Å². The summed E-state index contributed by atoms with van der Waals surface area (Å²) in [6.07, 6.45) is 0. The zero-order chi connectivity index (χ0) is 12.4. The van der Waals surface area contributed by atoms with E-state index in [9.17, 15) is 4.79 Å². The lowest BCUT2D eigenvalue weighted by molar-refractivity contribution is 0.0702. The van der Waals surface area contributed by atoms with E-state index < -0.39 is 5.97 Å². The molecular formula is C11H6Cl2O3S. The van der Waals surface area contributed by atoms with Gasteiger partial charge in [0, 0.05) is 0 Å². The maximum Gasteiger partial charge on any atom is 0.345 e. The van der Waals surface area contributed by atoms with Gasteiger partial charge in [-0.2, -0.15) is 0 Å². The Morgan fingerprint density at radius 2 is 2.00 bits per heavy atom. The molecule has 0 saturated carbocycles. The smallest absolute Gasteiger partial charge is 0.345 e. The summed E-state index contributed by atoms with van der Waals surface area (Å²) in [4.78, 5) is 10.9. The van der Waals surface area contributed by atoms with Crippen molar-refractivity contribution in [3.8, 4) is 10.8 Å². The molecule has 0 unspecified atom stereocenters. The van der Waals surface area contributed by atoms with E-state index in [0.717, 1.165) is 11.3 Å². The van der Waals surface area contributed by atoms with Gasteiger partial charge in [-0.05, 0) is 24.3 Å². The fourth-order valence-corrected chi connectivity index (χ4v) is 2.20. The molecule has 0 spiro atoms. The maximum absolute atomic E-state index is 10.7. The van der Waals surface area contributed by atoms with Crippen molar-refractivity contribution in [1.29, 1.82) is 0 Å². The van der Waals surface area contributed by atoms with Crippen LogP contribution in [0.3, 0.4) is 0 Å². The van der Waals surface area contributed by atoms with Crippen LogP contribution in [0.15, 0.2) is 30.3 Å². The van der Waals surface area contributed by atoms with Crippen LogP contribution >= 0.6 is 34.5 Å². The van der Waals surface area contributed by atoms with Crippen LogP contribution in [0.2, 0.25) is 10.0 Å². The molecule has 0 atom stereocenters. The third-order valence-electron chi connectivity index (χ3n) is 1.92. The summed E-state index contributed by atoms with van der Waals surface area (Å²) in [5.74, 6) is -0.583. The fraction of sp³-hybridized carbons (Fsp3) is 0. The molecule has 17 heavy (non-hydrogen) atoms. The van der Waals surface area contributed by atoms with Gasteiger partial charge in [-0.3, -0.25) is 0 Å². The van der Waals surface area contributed by atoms with Crippen molar-refractivity contribution in [2.45, 2.75) is 0 Å². The molecule has 2 rings (SSSR count). The summed E-state index contributed by atoms with van der Waals surface area (Å²) in [6, 6.07) is 8.06. The topological polar surface area (TPSA) is 46.5 Å². The molecule has 1 aromatic heterocycles. The number of benzene rings is 1. The van der Waals surface area contributed by atoms with Gasteiger partial charge in [-0.1, -0.05) is 40.6 Å². The van der Waals surface area contributed by atoms with Crippen molar-refractivity contribution in [1.82, 2.24) is 0 Å². The highest BCUT2D eigenvalue weighted by Crippen LogP contribution is 2.36. The number of halogens is 2. The first kappa shape index (κ1) is 12.2. The summed E-state index contributed by atoms with van der Waals surface area (Å²) in [7, 11) is 0. The number of hydrogen-bond donors (Lipinski definition) is 1. The van der Waals surface area contributed by atoms with Crippen LogP contribution in [0.4, 0.5) is 0 Å². The minimum atomic E-state index is -0.984. The molecule has 1 N–H and O–H groups in total. The molecule has 0 bridgehead atoms. The Kier molecular flexibility index (Phi) is 3.57. The van der Waals surface area contributed by atoms with Crippen LogP contribution in [0.5, 0.6) is 10.8 Å². The van der Waals surface area contributed by atoms with Gasteiger partial charge in [-0.15, -0.1) is 0 Å². The van der Waals surface area contributed by atoms with Crippen molar-refractivity contribution >= 4 is 40.5 Å². The van der Waals surface area contributed by atoms with E-state index in [1.807, 2.05) is 0 Å². The number of hydrogen-bond acceptors (Lipinski definition) is 3. The van der Waals surface area contributed by atoms with Crippen LogP contribution in [0.25, 0.3) is 0 Å². The SMILES string of the molecule is O=C(O)c1ccc(Oc2cccc(Cl)c2Cl)s1. The number of carbonyl (C=O) groups is 1. The van der Waals surface area contributed by atoms with Crippen LogP contribution in [-0.4, -0.2) is 11.1 Å².